The quantitative estimate of drug-likeness (QED) is 0.603. The summed E-state index contributed by atoms with van der Waals surface area (Å²) in [6.07, 6.45) is -1.34. The Bertz CT molecular complexity index is 162. The Kier molecular flexibility index (Phi) is 7.28. The maximum absolute atomic E-state index is 11.8. The second-order valence-corrected chi connectivity index (χ2v) is 2.88. The molecule has 0 spiro atoms. The molecule has 0 aliphatic rings. The summed E-state index contributed by atoms with van der Waals surface area (Å²) >= 11 is 0. The second-order valence-electron chi connectivity index (χ2n) is 2.88. The lowest BCUT2D eigenvalue weighted by atomic mass is 10.1. The van der Waals surface area contributed by atoms with Crippen molar-refractivity contribution in [2.24, 2.45) is 0 Å². The lowest BCUT2D eigenvalue weighted by Crippen LogP contribution is -2.27. The van der Waals surface area contributed by atoms with Gasteiger partial charge in [0.15, 0.2) is 6.10 Å². The van der Waals surface area contributed by atoms with Gasteiger partial charge in [-0.2, -0.15) is 0 Å². The lowest BCUT2D eigenvalue weighted by Gasteiger charge is -2.14. The van der Waals surface area contributed by atoms with E-state index in [-0.39, 0.29) is 0 Å². The van der Waals surface area contributed by atoms with Gasteiger partial charge >= 0.3 is 5.97 Å². The highest BCUT2D eigenvalue weighted by Gasteiger charge is 2.20. The summed E-state index contributed by atoms with van der Waals surface area (Å²) in [6, 6.07) is 0. The number of halogens is 2. The number of alkyl halides is 2. The Labute approximate surface area is 82.4 Å². The molecule has 1 atom stereocenters. The monoisotopic (exact) mass is 210 g/mol. The van der Waals surface area contributed by atoms with Gasteiger partial charge in [0.1, 0.15) is 6.61 Å². The van der Waals surface area contributed by atoms with Crippen LogP contribution >= 0.6 is 0 Å². The highest BCUT2D eigenvalue weighted by molar-refractivity contribution is 5.74. The molecule has 0 aromatic rings. The molecular formula is C9H16F2O3. The van der Waals surface area contributed by atoms with Gasteiger partial charge in [-0.3, -0.25) is 0 Å². The van der Waals surface area contributed by atoms with Gasteiger partial charge < -0.3 is 9.47 Å². The summed E-state index contributed by atoms with van der Waals surface area (Å²) in [6.45, 7) is 1.23. The molecule has 0 aliphatic carbocycles. The molecule has 0 amide bonds. The fraction of sp³-hybridized carbons (Fsp3) is 0.889. The average molecular weight is 210 g/mol. The minimum atomic E-state index is -2.55. The van der Waals surface area contributed by atoms with Crippen LogP contribution in [-0.4, -0.2) is 32.2 Å². The molecule has 1 unspecified atom stereocenters. The second kappa shape index (κ2) is 7.67. The van der Waals surface area contributed by atoms with E-state index in [1.54, 1.807) is 0 Å². The number of unbranched alkanes of at least 4 members (excludes halogenated alkanes) is 1. The first-order valence-corrected chi connectivity index (χ1v) is 4.59. The van der Waals surface area contributed by atoms with E-state index in [2.05, 4.69) is 4.74 Å². The van der Waals surface area contributed by atoms with E-state index in [9.17, 15) is 13.6 Å². The van der Waals surface area contributed by atoms with Crippen LogP contribution in [0.1, 0.15) is 26.2 Å². The number of esters is 1. The standard InChI is InChI=1S/C9H16F2O3/c1-3-4-5-7(9(12)13-2)14-6-8(10)11/h7-8H,3-6H2,1-2H3. The van der Waals surface area contributed by atoms with Crippen molar-refractivity contribution in [3.8, 4) is 0 Å². The third-order valence-electron chi connectivity index (χ3n) is 1.71. The van der Waals surface area contributed by atoms with Gasteiger partial charge in [-0.25, -0.2) is 13.6 Å². The van der Waals surface area contributed by atoms with Gasteiger partial charge in [0.2, 0.25) is 0 Å². The van der Waals surface area contributed by atoms with Crippen LogP contribution in [0.15, 0.2) is 0 Å². The molecule has 0 saturated carbocycles. The van der Waals surface area contributed by atoms with Crippen molar-refractivity contribution in [1.29, 1.82) is 0 Å². The molecule has 84 valence electrons. The summed E-state index contributed by atoms with van der Waals surface area (Å²) in [5.41, 5.74) is 0. The first kappa shape index (κ1) is 13.3. The van der Waals surface area contributed by atoms with Crippen molar-refractivity contribution in [3.63, 3.8) is 0 Å². The van der Waals surface area contributed by atoms with Crippen molar-refractivity contribution in [3.05, 3.63) is 0 Å². The summed E-state index contributed by atoms with van der Waals surface area (Å²) in [7, 11) is 1.22. The smallest absolute Gasteiger partial charge is 0.334 e. The van der Waals surface area contributed by atoms with E-state index in [0.29, 0.717) is 6.42 Å². The fourth-order valence-corrected chi connectivity index (χ4v) is 0.979. The Hall–Kier alpha value is -0.710. The zero-order valence-corrected chi connectivity index (χ0v) is 8.46. The number of carbonyl (C=O) groups is 1. The number of rotatable bonds is 7. The number of methoxy groups -OCH3 is 1. The lowest BCUT2D eigenvalue weighted by molar-refractivity contribution is -0.157. The van der Waals surface area contributed by atoms with E-state index in [1.807, 2.05) is 6.92 Å². The molecule has 0 aromatic carbocycles. The Balaban J connectivity index is 3.90. The summed E-state index contributed by atoms with van der Waals surface area (Å²) in [4.78, 5) is 11.0. The van der Waals surface area contributed by atoms with Gasteiger partial charge in [0.25, 0.3) is 6.43 Å². The normalized spacial score (nSPS) is 12.9. The first-order chi connectivity index (χ1) is 6.61. The number of hydrogen-bond donors (Lipinski definition) is 0. The molecule has 0 radical (unpaired) electrons. The van der Waals surface area contributed by atoms with E-state index in [4.69, 9.17) is 4.74 Å². The van der Waals surface area contributed by atoms with Gasteiger partial charge in [-0.05, 0) is 6.42 Å². The molecule has 0 rings (SSSR count). The van der Waals surface area contributed by atoms with Crippen LogP contribution < -0.4 is 0 Å². The SMILES string of the molecule is CCCCC(OCC(F)F)C(=O)OC. The van der Waals surface area contributed by atoms with Crippen LogP contribution in [0.3, 0.4) is 0 Å². The van der Waals surface area contributed by atoms with Crippen LogP contribution in [0.5, 0.6) is 0 Å². The minimum absolute atomic E-state index is 0.426. The molecule has 5 heteroatoms. The van der Waals surface area contributed by atoms with Crippen molar-refractivity contribution >= 4 is 5.97 Å². The summed E-state index contributed by atoms with van der Waals surface area (Å²) in [5, 5.41) is 0. The zero-order chi connectivity index (χ0) is 11.0. The maximum atomic E-state index is 11.8. The predicted octanol–water partition coefficient (Wildman–Crippen LogP) is 2.00. The Morgan fingerprint density at radius 1 is 1.43 bits per heavy atom. The van der Waals surface area contributed by atoms with Crippen LogP contribution in [0.25, 0.3) is 0 Å². The molecule has 0 aromatic heterocycles. The molecule has 0 aliphatic heterocycles. The molecule has 0 bridgehead atoms. The Morgan fingerprint density at radius 3 is 2.50 bits per heavy atom. The van der Waals surface area contributed by atoms with Crippen molar-refractivity contribution in [2.45, 2.75) is 38.7 Å². The van der Waals surface area contributed by atoms with Crippen molar-refractivity contribution in [2.75, 3.05) is 13.7 Å². The number of hydrogen-bond acceptors (Lipinski definition) is 3. The average Bonchev–Trinajstić information content (AvgIpc) is 2.16. The maximum Gasteiger partial charge on any atom is 0.334 e. The highest BCUT2D eigenvalue weighted by atomic mass is 19.3. The van der Waals surface area contributed by atoms with Crippen molar-refractivity contribution < 1.29 is 23.0 Å². The van der Waals surface area contributed by atoms with Gasteiger partial charge in [0, 0.05) is 0 Å². The van der Waals surface area contributed by atoms with Crippen LogP contribution in [0.4, 0.5) is 8.78 Å². The van der Waals surface area contributed by atoms with Crippen LogP contribution in [0, 0.1) is 0 Å². The van der Waals surface area contributed by atoms with E-state index >= 15 is 0 Å². The zero-order valence-electron chi connectivity index (χ0n) is 8.46. The number of carbonyl (C=O) groups excluding carboxylic acids is 1. The summed E-state index contributed by atoms with van der Waals surface area (Å²) in [5.74, 6) is -0.584. The highest BCUT2D eigenvalue weighted by Crippen LogP contribution is 2.08. The fourth-order valence-electron chi connectivity index (χ4n) is 0.979. The first-order valence-electron chi connectivity index (χ1n) is 4.59. The molecule has 14 heavy (non-hydrogen) atoms. The Morgan fingerprint density at radius 2 is 2.07 bits per heavy atom. The number of ether oxygens (including phenoxy) is 2. The molecular weight excluding hydrogens is 194 g/mol. The largest absolute Gasteiger partial charge is 0.467 e. The van der Waals surface area contributed by atoms with E-state index in [0.717, 1.165) is 12.8 Å². The molecule has 0 N–H and O–H groups in total. The molecule has 3 nitrogen and oxygen atoms in total. The van der Waals surface area contributed by atoms with Gasteiger partial charge in [0.05, 0.1) is 7.11 Å². The third kappa shape index (κ3) is 5.85. The predicted molar refractivity (Wildman–Crippen MR) is 47.3 cm³/mol. The molecule has 0 heterocycles. The van der Waals surface area contributed by atoms with Crippen molar-refractivity contribution in [1.82, 2.24) is 0 Å². The van der Waals surface area contributed by atoms with Crippen LogP contribution in [-0.2, 0) is 14.3 Å². The third-order valence-corrected chi connectivity index (χ3v) is 1.71. The van der Waals surface area contributed by atoms with E-state index in [1.165, 1.54) is 7.11 Å². The van der Waals surface area contributed by atoms with Crippen LogP contribution in [0.2, 0.25) is 0 Å². The molecule has 0 fully saturated rings. The minimum Gasteiger partial charge on any atom is -0.467 e. The molecule has 0 saturated heterocycles. The summed E-state index contributed by atoms with van der Waals surface area (Å²) < 4.78 is 32.8. The van der Waals surface area contributed by atoms with Gasteiger partial charge in [-0.1, -0.05) is 19.8 Å². The topological polar surface area (TPSA) is 35.5 Å². The van der Waals surface area contributed by atoms with E-state index < -0.39 is 25.1 Å². The van der Waals surface area contributed by atoms with Gasteiger partial charge in [-0.15, -0.1) is 0 Å².